The molecule has 8 nitrogen and oxygen atoms in total. The normalized spacial score (nSPS) is 16.7. The van der Waals surface area contributed by atoms with Gasteiger partial charge in [-0.1, -0.05) is 30.3 Å². The van der Waals surface area contributed by atoms with Gasteiger partial charge in [0.05, 0.1) is 10.8 Å². The van der Waals surface area contributed by atoms with Crippen LogP contribution in [0.5, 0.6) is 0 Å². The molecule has 1 aromatic heterocycles. The number of carbonyl (C=O) groups excluding carboxylic acids is 1. The number of aromatic nitrogens is 1. The Kier molecular flexibility index (Phi) is 5.89. The van der Waals surface area contributed by atoms with Gasteiger partial charge in [-0.2, -0.15) is 4.98 Å². The van der Waals surface area contributed by atoms with E-state index in [0.717, 1.165) is 11.9 Å². The van der Waals surface area contributed by atoms with Crippen LogP contribution in [0, 0.1) is 5.82 Å². The Bertz CT molecular complexity index is 1170. The van der Waals surface area contributed by atoms with Crippen LogP contribution in [0.1, 0.15) is 0 Å². The molecule has 1 aliphatic rings. The Morgan fingerprint density at radius 3 is 2.61 bits per heavy atom. The summed E-state index contributed by atoms with van der Waals surface area (Å²) in [6, 6.07) is 14.6. The number of rotatable bonds is 5. The summed E-state index contributed by atoms with van der Waals surface area (Å²) in [5, 5.41) is 2.74. The number of hydrogen-bond donors (Lipinski definition) is 2. The second-order valence-electron chi connectivity index (χ2n) is 6.34. The van der Waals surface area contributed by atoms with E-state index in [4.69, 9.17) is 10.2 Å². The van der Waals surface area contributed by atoms with Crippen molar-refractivity contribution in [2.24, 2.45) is 15.7 Å². The lowest BCUT2D eigenvalue weighted by Gasteiger charge is -2.26. The van der Waals surface area contributed by atoms with Crippen molar-refractivity contribution in [2.45, 2.75) is 6.17 Å². The molecular weight excluding hydrogens is 467 g/mol. The van der Waals surface area contributed by atoms with Crippen LogP contribution in [-0.4, -0.2) is 29.9 Å². The van der Waals surface area contributed by atoms with E-state index >= 15 is 0 Å². The van der Waals surface area contributed by atoms with E-state index in [9.17, 15) is 9.18 Å². The molecule has 0 bridgehead atoms. The van der Waals surface area contributed by atoms with Crippen LogP contribution >= 0.6 is 15.9 Å². The maximum absolute atomic E-state index is 13.3. The van der Waals surface area contributed by atoms with Gasteiger partial charge < -0.3 is 15.5 Å². The predicted octanol–water partition coefficient (Wildman–Crippen LogP) is 4.26. The van der Waals surface area contributed by atoms with Crippen LogP contribution in [-0.2, 0) is 0 Å². The van der Waals surface area contributed by atoms with Crippen molar-refractivity contribution < 1.29 is 13.6 Å². The highest BCUT2D eigenvalue weighted by atomic mass is 79.9. The van der Waals surface area contributed by atoms with Crippen LogP contribution in [0.4, 0.5) is 15.0 Å². The van der Waals surface area contributed by atoms with Gasteiger partial charge in [0.2, 0.25) is 5.89 Å². The quantitative estimate of drug-likeness (QED) is 0.418. The van der Waals surface area contributed by atoms with Gasteiger partial charge in [-0.15, -0.1) is 0 Å². The lowest BCUT2D eigenvalue weighted by atomic mass is 10.1. The van der Waals surface area contributed by atoms with Crippen LogP contribution in [0.25, 0.3) is 22.8 Å². The number of oxazole rings is 1. The first-order valence-corrected chi connectivity index (χ1v) is 9.90. The third kappa shape index (κ3) is 4.38. The standard InChI is InChI=1S/C21H16BrFN6O2/c22-16-10-29(21(30)27-18(16)26-12-25-11-24)19-17(13-4-2-1-3-5-13)31-20(28-19)14-6-8-15(23)9-7-14/h1-12,18H,(H,27,30)(H2,24,25,26). The molecule has 2 amide bonds. The highest BCUT2D eigenvalue weighted by molar-refractivity contribution is 9.11. The molecule has 0 spiro atoms. The molecule has 2 heterocycles. The van der Waals surface area contributed by atoms with Crippen molar-refractivity contribution in [3.63, 3.8) is 0 Å². The fourth-order valence-corrected chi connectivity index (χ4v) is 3.32. The number of nitrogens with one attached hydrogen (secondary N) is 1. The minimum Gasteiger partial charge on any atom is -0.434 e. The van der Waals surface area contributed by atoms with Crippen molar-refractivity contribution in [1.82, 2.24) is 10.3 Å². The van der Waals surface area contributed by atoms with E-state index < -0.39 is 12.2 Å². The summed E-state index contributed by atoms with van der Waals surface area (Å²) < 4.78 is 19.9. The second kappa shape index (κ2) is 8.92. The zero-order valence-corrected chi connectivity index (χ0v) is 17.5. The lowest BCUT2D eigenvalue weighted by molar-refractivity contribution is 0.245. The minimum atomic E-state index is -0.656. The average Bonchev–Trinajstić information content (AvgIpc) is 3.22. The summed E-state index contributed by atoms with van der Waals surface area (Å²) in [7, 11) is 0. The van der Waals surface area contributed by atoms with Crippen molar-refractivity contribution in [3.05, 3.63) is 71.1 Å². The number of amides is 2. The number of hydrogen-bond acceptors (Lipinski definition) is 4. The van der Waals surface area contributed by atoms with Crippen molar-refractivity contribution in [2.75, 3.05) is 4.90 Å². The molecule has 0 fully saturated rings. The fraction of sp³-hybridized carbons (Fsp3) is 0.0476. The molecule has 1 atom stereocenters. The molecule has 0 aliphatic carbocycles. The second-order valence-corrected chi connectivity index (χ2v) is 7.26. The molecule has 1 unspecified atom stereocenters. The molecule has 0 saturated carbocycles. The van der Waals surface area contributed by atoms with Crippen molar-refractivity contribution >= 4 is 40.5 Å². The largest absolute Gasteiger partial charge is 0.434 e. The highest BCUT2D eigenvalue weighted by Crippen LogP contribution is 2.37. The third-order valence-electron chi connectivity index (χ3n) is 4.33. The summed E-state index contributed by atoms with van der Waals surface area (Å²) in [6.45, 7) is 0. The Morgan fingerprint density at radius 2 is 1.90 bits per heavy atom. The van der Waals surface area contributed by atoms with E-state index in [-0.39, 0.29) is 17.5 Å². The van der Waals surface area contributed by atoms with E-state index in [0.29, 0.717) is 15.8 Å². The summed E-state index contributed by atoms with van der Waals surface area (Å²) in [6.07, 6.45) is 3.24. The zero-order valence-electron chi connectivity index (χ0n) is 15.9. The van der Waals surface area contributed by atoms with E-state index in [2.05, 4.69) is 36.2 Å². The Balaban J connectivity index is 1.78. The highest BCUT2D eigenvalue weighted by Gasteiger charge is 2.31. The molecule has 156 valence electrons. The Hall–Kier alpha value is -3.79. The first-order chi connectivity index (χ1) is 15.1. The van der Waals surface area contributed by atoms with Crippen LogP contribution < -0.4 is 16.0 Å². The fourth-order valence-electron chi connectivity index (χ4n) is 2.89. The monoisotopic (exact) mass is 482 g/mol. The Morgan fingerprint density at radius 1 is 1.16 bits per heavy atom. The van der Waals surface area contributed by atoms with Gasteiger partial charge >= 0.3 is 6.03 Å². The number of aliphatic imine (C=N–C) groups is 2. The summed E-state index contributed by atoms with van der Waals surface area (Å²) in [5.74, 6) is 0.555. The van der Waals surface area contributed by atoms with Gasteiger partial charge in [0.25, 0.3) is 0 Å². The van der Waals surface area contributed by atoms with Crippen LogP contribution in [0.15, 0.2) is 79.7 Å². The summed E-state index contributed by atoms with van der Waals surface area (Å²) in [4.78, 5) is 26.5. The van der Waals surface area contributed by atoms with E-state index in [1.165, 1.54) is 23.4 Å². The number of urea groups is 1. The zero-order chi connectivity index (χ0) is 21.8. The molecule has 3 N–H and O–H groups in total. The average molecular weight is 483 g/mol. The SMILES string of the molecule is NC=NC=NC1NC(=O)N(c2nc(-c3ccc(F)cc3)oc2-c2ccccc2)C=C1Br. The van der Waals surface area contributed by atoms with Gasteiger partial charge in [-0.05, 0) is 40.2 Å². The lowest BCUT2D eigenvalue weighted by Crippen LogP contribution is -2.46. The molecule has 2 aromatic carbocycles. The number of anilines is 1. The van der Waals surface area contributed by atoms with Gasteiger partial charge in [0.15, 0.2) is 17.7 Å². The number of nitrogens with zero attached hydrogens (tertiary/aromatic N) is 4. The van der Waals surface area contributed by atoms with E-state index in [1.54, 1.807) is 18.3 Å². The van der Waals surface area contributed by atoms with Gasteiger partial charge in [0.1, 0.15) is 12.2 Å². The first kappa shape index (κ1) is 20.5. The van der Waals surface area contributed by atoms with Crippen LogP contribution in [0.2, 0.25) is 0 Å². The van der Waals surface area contributed by atoms with Crippen LogP contribution in [0.3, 0.4) is 0 Å². The number of nitrogens with two attached hydrogens (primary N) is 1. The van der Waals surface area contributed by atoms with E-state index in [1.807, 2.05) is 30.3 Å². The van der Waals surface area contributed by atoms with Crippen molar-refractivity contribution in [1.29, 1.82) is 0 Å². The Labute approximate surface area is 185 Å². The van der Waals surface area contributed by atoms with Crippen molar-refractivity contribution in [3.8, 4) is 22.8 Å². The maximum atomic E-state index is 13.3. The minimum absolute atomic E-state index is 0.253. The van der Waals surface area contributed by atoms with Gasteiger partial charge in [-0.3, -0.25) is 0 Å². The molecule has 0 saturated heterocycles. The van der Waals surface area contributed by atoms with Gasteiger partial charge in [-0.25, -0.2) is 24.1 Å². The molecule has 0 radical (unpaired) electrons. The maximum Gasteiger partial charge on any atom is 0.329 e. The summed E-state index contributed by atoms with van der Waals surface area (Å²) in [5.41, 5.74) is 6.50. The molecule has 31 heavy (non-hydrogen) atoms. The molecule has 1 aliphatic heterocycles. The third-order valence-corrected chi connectivity index (χ3v) is 4.96. The number of halogens is 2. The molecule has 4 rings (SSSR count). The molecule has 3 aromatic rings. The van der Waals surface area contributed by atoms with Gasteiger partial charge in [0, 0.05) is 17.3 Å². The topological polar surface area (TPSA) is 109 Å². The number of benzene rings is 2. The number of carbonyl (C=O) groups is 1. The molecule has 10 heteroatoms. The predicted molar refractivity (Wildman–Crippen MR) is 120 cm³/mol. The first-order valence-electron chi connectivity index (χ1n) is 9.11. The molecular formula is C21H16BrFN6O2. The summed E-state index contributed by atoms with van der Waals surface area (Å²) >= 11 is 3.42. The smallest absolute Gasteiger partial charge is 0.329 e.